The molecular weight excluding hydrogens is 380 g/mol. The number of nitrogens with zero attached hydrogens (tertiary/aromatic N) is 2. The van der Waals surface area contributed by atoms with Gasteiger partial charge in [-0.1, -0.05) is 12.1 Å². The quantitative estimate of drug-likeness (QED) is 0.562. The lowest BCUT2D eigenvalue weighted by atomic mass is 10.1. The fourth-order valence-electron chi connectivity index (χ4n) is 2.04. The molecule has 12 heteroatoms. The molecule has 1 aromatic carbocycles. The molecule has 138 valence electrons. The molecule has 2 heterocycles. The minimum Gasteiger partial charge on any atom is -0.428 e. The van der Waals surface area contributed by atoms with Gasteiger partial charge >= 0.3 is 12.4 Å². The minimum atomic E-state index is -5.18. The van der Waals surface area contributed by atoms with Crippen molar-refractivity contribution in [1.82, 2.24) is 9.97 Å². The first-order chi connectivity index (χ1) is 12.0. The van der Waals surface area contributed by atoms with Gasteiger partial charge in [0.15, 0.2) is 0 Å². The Kier molecular flexibility index (Phi) is 4.00. The van der Waals surface area contributed by atoms with Gasteiger partial charge in [0.2, 0.25) is 11.8 Å². The van der Waals surface area contributed by atoms with Gasteiger partial charge in [-0.2, -0.15) is 45.1 Å². The van der Waals surface area contributed by atoms with Crippen LogP contribution in [0.1, 0.15) is 11.5 Å². The van der Waals surface area contributed by atoms with Gasteiger partial charge in [0.25, 0.3) is 23.4 Å². The summed E-state index contributed by atoms with van der Waals surface area (Å²) in [4.78, 5) is 5.95. The standard InChI is InChI=1S/C14H4F8N2O2/c15-9-7(13(17,18)19)25-11(23-9)5-3-1-2-4-6(5)12-24-10(16)8(26-12)14(20,21)22/h1-4H. The summed E-state index contributed by atoms with van der Waals surface area (Å²) in [6.07, 6.45) is -10.4. The zero-order chi connectivity index (χ0) is 19.3. The summed E-state index contributed by atoms with van der Waals surface area (Å²) in [5.41, 5.74) is -0.756. The second-order valence-electron chi connectivity index (χ2n) is 4.82. The van der Waals surface area contributed by atoms with E-state index < -0.39 is 47.5 Å². The lowest BCUT2D eigenvalue weighted by molar-refractivity contribution is -0.156. The molecule has 3 aromatic rings. The van der Waals surface area contributed by atoms with Gasteiger partial charge in [0.05, 0.1) is 0 Å². The Labute approximate surface area is 138 Å². The lowest BCUT2D eigenvalue weighted by Gasteiger charge is -2.04. The summed E-state index contributed by atoms with van der Waals surface area (Å²) in [5, 5.41) is 0. The molecule has 0 bridgehead atoms. The van der Waals surface area contributed by atoms with E-state index in [0.717, 1.165) is 12.1 Å². The Hall–Kier alpha value is -2.92. The highest BCUT2D eigenvalue weighted by atomic mass is 19.4. The summed E-state index contributed by atoms with van der Waals surface area (Å²) in [6.45, 7) is 0. The second kappa shape index (κ2) is 5.81. The Balaban J connectivity index is 2.14. The van der Waals surface area contributed by atoms with E-state index in [-0.39, 0.29) is 11.1 Å². The largest absolute Gasteiger partial charge is 0.454 e. The SMILES string of the molecule is Fc1nc(-c2ccccc2-c2nc(F)c(C(F)(F)F)o2)oc1C(F)(F)F. The van der Waals surface area contributed by atoms with Crippen LogP contribution in [0.25, 0.3) is 22.9 Å². The summed E-state index contributed by atoms with van der Waals surface area (Å²) in [7, 11) is 0. The molecular formula is C14H4F8N2O2. The van der Waals surface area contributed by atoms with Crippen molar-refractivity contribution >= 4 is 0 Å². The zero-order valence-electron chi connectivity index (χ0n) is 12.0. The van der Waals surface area contributed by atoms with Gasteiger partial charge < -0.3 is 8.83 Å². The molecule has 26 heavy (non-hydrogen) atoms. The maximum Gasteiger partial charge on any atom is 0.454 e. The molecule has 0 atom stereocenters. The van der Waals surface area contributed by atoms with E-state index in [1.165, 1.54) is 12.1 Å². The molecule has 3 rings (SSSR count). The normalized spacial score (nSPS) is 12.6. The van der Waals surface area contributed by atoms with Crippen molar-refractivity contribution in [2.75, 3.05) is 0 Å². The van der Waals surface area contributed by atoms with Crippen molar-refractivity contribution in [3.05, 3.63) is 47.7 Å². The van der Waals surface area contributed by atoms with Crippen LogP contribution in [-0.2, 0) is 12.4 Å². The number of alkyl halides is 6. The molecule has 0 spiro atoms. The van der Waals surface area contributed by atoms with Gasteiger partial charge in [-0.05, 0) is 12.1 Å². The Morgan fingerprint density at radius 1 is 0.654 bits per heavy atom. The first-order valence-corrected chi connectivity index (χ1v) is 6.55. The third-order valence-corrected chi connectivity index (χ3v) is 3.07. The van der Waals surface area contributed by atoms with Gasteiger partial charge in [0.1, 0.15) is 0 Å². The van der Waals surface area contributed by atoms with Gasteiger partial charge in [-0.25, -0.2) is 0 Å². The van der Waals surface area contributed by atoms with Crippen LogP contribution in [0, 0.1) is 11.9 Å². The summed E-state index contributed by atoms with van der Waals surface area (Å²) < 4.78 is 111. The number of hydrogen-bond acceptors (Lipinski definition) is 4. The number of benzene rings is 1. The monoisotopic (exact) mass is 384 g/mol. The predicted octanol–water partition coefficient (Wildman–Crippen LogP) is 5.31. The summed E-state index contributed by atoms with van der Waals surface area (Å²) in [6, 6.07) is 4.66. The van der Waals surface area contributed by atoms with Gasteiger partial charge in [0, 0.05) is 11.1 Å². The van der Waals surface area contributed by atoms with Crippen LogP contribution < -0.4 is 0 Å². The maximum atomic E-state index is 13.4. The number of oxazole rings is 2. The molecule has 0 aliphatic rings. The Bertz CT molecular complexity index is 877. The molecule has 2 aromatic heterocycles. The first-order valence-electron chi connectivity index (χ1n) is 6.55. The molecule has 0 unspecified atom stereocenters. The number of halogens is 8. The zero-order valence-corrected chi connectivity index (χ0v) is 12.0. The van der Waals surface area contributed by atoms with E-state index in [1.54, 1.807) is 0 Å². The lowest BCUT2D eigenvalue weighted by Crippen LogP contribution is -2.05. The van der Waals surface area contributed by atoms with Crippen LogP contribution >= 0.6 is 0 Å². The molecule has 0 saturated carbocycles. The highest BCUT2D eigenvalue weighted by molar-refractivity contribution is 5.75. The van der Waals surface area contributed by atoms with Crippen LogP contribution in [0.5, 0.6) is 0 Å². The molecule has 0 aliphatic carbocycles. The summed E-state index contributed by atoms with van der Waals surface area (Å²) >= 11 is 0. The molecule has 4 nitrogen and oxygen atoms in total. The van der Waals surface area contributed by atoms with Crippen LogP contribution in [0.3, 0.4) is 0 Å². The molecule has 0 fully saturated rings. The summed E-state index contributed by atoms with van der Waals surface area (Å²) in [5.74, 6) is -9.74. The van der Waals surface area contributed by atoms with Gasteiger partial charge in [-0.3, -0.25) is 0 Å². The maximum absolute atomic E-state index is 13.4. The van der Waals surface area contributed by atoms with E-state index in [9.17, 15) is 35.1 Å². The van der Waals surface area contributed by atoms with Crippen LogP contribution in [0.2, 0.25) is 0 Å². The minimum absolute atomic E-state index is 0.378. The van der Waals surface area contributed by atoms with Crippen LogP contribution in [0.4, 0.5) is 35.1 Å². The van der Waals surface area contributed by atoms with Gasteiger partial charge in [-0.15, -0.1) is 0 Å². The molecule has 0 N–H and O–H groups in total. The van der Waals surface area contributed by atoms with Crippen molar-refractivity contribution < 1.29 is 44.0 Å². The van der Waals surface area contributed by atoms with Crippen molar-refractivity contribution in [1.29, 1.82) is 0 Å². The third kappa shape index (κ3) is 3.13. The van der Waals surface area contributed by atoms with Crippen molar-refractivity contribution in [2.45, 2.75) is 12.4 Å². The van der Waals surface area contributed by atoms with Crippen molar-refractivity contribution in [3.63, 3.8) is 0 Å². The second-order valence-corrected chi connectivity index (χ2v) is 4.82. The van der Waals surface area contributed by atoms with E-state index in [1.807, 2.05) is 0 Å². The van der Waals surface area contributed by atoms with Crippen molar-refractivity contribution in [2.24, 2.45) is 0 Å². The van der Waals surface area contributed by atoms with Crippen LogP contribution in [-0.4, -0.2) is 9.97 Å². The molecule has 0 aliphatic heterocycles. The van der Waals surface area contributed by atoms with E-state index in [0.29, 0.717) is 0 Å². The average Bonchev–Trinajstić information content (AvgIpc) is 3.09. The smallest absolute Gasteiger partial charge is 0.428 e. The Morgan fingerprint density at radius 2 is 1.00 bits per heavy atom. The number of hydrogen-bond donors (Lipinski definition) is 0. The van der Waals surface area contributed by atoms with E-state index >= 15 is 0 Å². The van der Waals surface area contributed by atoms with Crippen LogP contribution in [0.15, 0.2) is 33.1 Å². The Morgan fingerprint density at radius 3 is 1.27 bits per heavy atom. The fourth-order valence-corrected chi connectivity index (χ4v) is 2.04. The molecule has 0 amide bonds. The first kappa shape index (κ1) is 17.9. The molecule has 0 radical (unpaired) electrons. The highest BCUT2D eigenvalue weighted by Gasteiger charge is 2.42. The highest BCUT2D eigenvalue weighted by Crippen LogP contribution is 2.39. The fraction of sp³-hybridized carbons (Fsp3) is 0.143. The number of rotatable bonds is 2. The predicted molar refractivity (Wildman–Crippen MR) is 67.4 cm³/mol. The number of aromatic nitrogens is 2. The van der Waals surface area contributed by atoms with Crippen molar-refractivity contribution in [3.8, 4) is 22.9 Å². The average molecular weight is 384 g/mol. The van der Waals surface area contributed by atoms with E-state index in [4.69, 9.17) is 0 Å². The van der Waals surface area contributed by atoms with E-state index in [2.05, 4.69) is 18.8 Å². The third-order valence-electron chi connectivity index (χ3n) is 3.07. The molecule has 0 saturated heterocycles. The topological polar surface area (TPSA) is 52.1 Å².